The zero-order chi connectivity index (χ0) is 26.0. The zero-order valence-electron chi connectivity index (χ0n) is 19.6. The van der Waals surface area contributed by atoms with Gasteiger partial charge in [0.2, 0.25) is 0 Å². The number of rotatable bonds is 6. The fourth-order valence-electron chi connectivity index (χ4n) is 3.91. The summed E-state index contributed by atoms with van der Waals surface area (Å²) >= 11 is 0. The van der Waals surface area contributed by atoms with Gasteiger partial charge in [-0.2, -0.15) is 0 Å². The van der Waals surface area contributed by atoms with E-state index in [-0.39, 0.29) is 16.3 Å². The van der Waals surface area contributed by atoms with Crippen molar-refractivity contribution in [3.05, 3.63) is 86.6 Å². The number of aromatic nitrogens is 2. The summed E-state index contributed by atoms with van der Waals surface area (Å²) in [5, 5.41) is 2.34. The van der Waals surface area contributed by atoms with Crippen LogP contribution in [-0.4, -0.2) is 42.6 Å². The molecule has 0 spiro atoms. The number of aryl methyl sites for hydroxylation is 1. The van der Waals surface area contributed by atoms with Gasteiger partial charge in [-0.1, -0.05) is 24.3 Å². The van der Waals surface area contributed by atoms with Gasteiger partial charge in [-0.25, -0.2) is 18.0 Å². The predicted molar refractivity (Wildman–Crippen MR) is 132 cm³/mol. The van der Waals surface area contributed by atoms with Gasteiger partial charge in [-0.15, -0.1) is 0 Å². The lowest BCUT2D eigenvalue weighted by Gasteiger charge is -2.30. The van der Waals surface area contributed by atoms with Crippen LogP contribution in [0.15, 0.2) is 69.1 Å². The van der Waals surface area contributed by atoms with Crippen molar-refractivity contribution in [3.63, 3.8) is 0 Å². The molecule has 0 fully saturated rings. The molecule has 188 valence electrons. The second kappa shape index (κ2) is 9.82. The second-order valence-corrected chi connectivity index (χ2v) is 10.1. The lowest BCUT2D eigenvalue weighted by molar-refractivity contribution is -0.119. The number of benzene rings is 2. The number of esters is 1. The Morgan fingerprint density at radius 1 is 1.00 bits per heavy atom. The van der Waals surface area contributed by atoms with Crippen LogP contribution in [0.3, 0.4) is 0 Å². The van der Waals surface area contributed by atoms with Crippen LogP contribution in [0.4, 0.5) is 11.5 Å². The van der Waals surface area contributed by atoms with Crippen molar-refractivity contribution in [3.8, 4) is 0 Å². The first-order chi connectivity index (χ1) is 17.1. The third-order valence-corrected chi connectivity index (χ3v) is 7.66. The molecule has 2 heterocycles. The molecular formula is C24H24N4O7S. The Kier molecular flexibility index (Phi) is 6.80. The molecule has 36 heavy (non-hydrogen) atoms. The minimum Gasteiger partial charge on any atom is -0.452 e. The van der Waals surface area contributed by atoms with E-state index in [0.29, 0.717) is 18.7 Å². The largest absolute Gasteiger partial charge is 0.452 e. The highest BCUT2D eigenvalue weighted by atomic mass is 32.2. The van der Waals surface area contributed by atoms with Crippen molar-refractivity contribution in [2.45, 2.75) is 17.7 Å². The minimum absolute atomic E-state index is 0.0462. The standard InChI is InChI=1S/C24H24N4O7S/c1-26-20(14-22(30)27(2)24(26)32)25-21(29)15-35-23(31)17-8-5-10-18(13-17)36(33,34)28-12-6-9-16-7-3-4-11-19(16)28/h3-5,7-8,10-11,13-14H,6,9,12,15H2,1-2H3,(H,25,29). The number of carbonyl (C=O) groups excluding carboxylic acids is 2. The van der Waals surface area contributed by atoms with Crippen LogP contribution >= 0.6 is 0 Å². The average molecular weight is 513 g/mol. The van der Waals surface area contributed by atoms with Crippen molar-refractivity contribution >= 4 is 33.4 Å². The number of nitrogens with zero attached hydrogens (tertiary/aromatic N) is 3. The Hall–Kier alpha value is -4.19. The van der Waals surface area contributed by atoms with E-state index in [1.807, 2.05) is 12.1 Å². The summed E-state index contributed by atoms with van der Waals surface area (Å²) in [6, 6.07) is 13.7. The number of nitrogens with one attached hydrogen (secondary N) is 1. The van der Waals surface area contributed by atoms with E-state index in [9.17, 15) is 27.6 Å². The van der Waals surface area contributed by atoms with Crippen LogP contribution in [0.2, 0.25) is 0 Å². The van der Waals surface area contributed by atoms with Crippen molar-refractivity contribution in [1.29, 1.82) is 0 Å². The molecule has 1 aromatic heterocycles. The van der Waals surface area contributed by atoms with E-state index in [4.69, 9.17) is 4.74 Å². The lowest BCUT2D eigenvalue weighted by atomic mass is 10.0. The smallest absolute Gasteiger partial charge is 0.338 e. The van der Waals surface area contributed by atoms with Crippen LogP contribution in [0.1, 0.15) is 22.3 Å². The number of carbonyl (C=O) groups is 2. The number of hydrogen-bond acceptors (Lipinski definition) is 7. The molecule has 0 atom stereocenters. The predicted octanol–water partition coefficient (Wildman–Crippen LogP) is 1.02. The van der Waals surface area contributed by atoms with Crippen molar-refractivity contribution in [2.24, 2.45) is 14.1 Å². The maximum absolute atomic E-state index is 13.4. The first-order valence-corrected chi connectivity index (χ1v) is 12.5. The summed E-state index contributed by atoms with van der Waals surface area (Å²) in [6.07, 6.45) is 1.45. The van der Waals surface area contributed by atoms with Crippen LogP contribution in [0.5, 0.6) is 0 Å². The van der Waals surface area contributed by atoms with Crippen LogP contribution < -0.4 is 20.9 Å². The molecule has 0 saturated carbocycles. The summed E-state index contributed by atoms with van der Waals surface area (Å²) in [5.74, 6) is -1.74. The Balaban J connectivity index is 1.47. The fourth-order valence-corrected chi connectivity index (χ4v) is 5.49. The molecule has 1 amide bonds. The Morgan fingerprint density at radius 3 is 2.53 bits per heavy atom. The van der Waals surface area contributed by atoms with Crippen LogP contribution in [0, 0.1) is 0 Å². The average Bonchev–Trinajstić information content (AvgIpc) is 2.88. The Labute approximate surface area is 206 Å². The first-order valence-electron chi connectivity index (χ1n) is 11.0. The molecule has 0 bridgehead atoms. The molecule has 3 aromatic rings. The summed E-state index contributed by atoms with van der Waals surface area (Å²) < 4.78 is 35.0. The first kappa shape index (κ1) is 24.9. The van der Waals surface area contributed by atoms with Gasteiger partial charge in [0.05, 0.1) is 16.1 Å². The van der Waals surface area contributed by atoms with E-state index < -0.39 is 39.8 Å². The summed E-state index contributed by atoms with van der Waals surface area (Å²) in [7, 11) is -1.26. The normalized spacial score (nSPS) is 13.1. The molecule has 12 heteroatoms. The summed E-state index contributed by atoms with van der Waals surface area (Å²) in [6.45, 7) is -0.391. The Morgan fingerprint density at radius 2 is 1.75 bits per heavy atom. The molecule has 11 nitrogen and oxygen atoms in total. The van der Waals surface area contributed by atoms with E-state index in [0.717, 1.165) is 27.2 Å². The van der Waals surface area contributed by atoms with Gasteiger partial charge in [0, 0.05) is 26.7 Å². The molecule has 1 aliphatic rings. The minimum atomic E-state index is -3.94. The second-order valence-electron chi connectivity index (χ2n) is 8.23. The summed E-state index contributed by atoms with van der Waals surface area (Å²) in [4.78, 5) is 48.5. The van der Waals surface area contributed by atoms with Crippen molar-refractivity contribution in [1.82, 2.24) is 9.13 Å². The van der Waals surface area contributed by atoms with Crippen LogP contribution in [0.25, 0.3) is 0 Å². The van der Waals surface area contributed by atoms with Gasteiger partial charge in [0.1, 0.15) is 5.82 Å². The van der Waals surface area contributed by atoms with Gasteiger partial charge in [-0.05, 0) is 42.7 Å². The number of fused-ring (bicyclic) bond motifs is 1. The van der Waals surface area contributed by atoms with Gasteiger partial charge in [0.15, 0.2) is 6.61 Å². The van der Waals surface area contributed by atoms with Crippen molar-refractivity contribution < 1.29 is 22.7 Å². The maximum Gasteiger partial charge on any atom is 0.338 e. The van der Waals surface area contributed by atoms with E-state index in [1.165, 1.54) is 42.7 Å². The number of amides is 1. The quantitative estimate of drug-likeness (QED) is 0.487. The fraction of sp³-hybridized carbons (Fsp3) is 0.250. The number of anilines is 2. The summed E-state index contributed by atoms with van der Waals surface area (Å²) in [5.41, 5.74) is 0.250. The zero-order valence-corrected chi connectivity index (χ0v) is 20.4. The third-order valence-electron chi connectivity index (χ3n) is 5.85. The van der Waals surface area contributed by atoms with Crippen LogP contribution in [-0.2, 0) is 40.1 Å². The maximum atomic E-state index is 13.4. The number of ether oxygens (including phenoxy) is 1. The highest BCUT2D eigenvalue weighted by Gasteiger charge is 2.29. The number of hydrogen-bond donors (Lipinski definition) is 1. The Bertz CT molecular complexity index is 1570. The van der Waals surface area contributed by atoms with E-state index in [2.05, 4.69) is 5.32 Å². The van der Waals surface area contributed by atoms with Crippen molar-refractivity contribution in [2.75, 3.05) is 22.8 Å². The highest BCUT2D eigenvalue weighted by Crippen LogP contribution is 2.32. The lowest BCUT2D eigenvalue weighted by Crippen LogP contribution is -2.38. The molecule has 0 aliphatic carbocycles. The van der Waals surface area contributed by atoms with Gasteiger partial charge >= 0.3 is 11.7 Å². The monoisotopic (exact) mass is 512 g/mol. The molecule has 1 N–H and O–H groups in total. The molecule has 0 saturated heterocycles. The topological polar surface area (TPSA) is 137 Å². The third kappa shape index (κ3) is 4.80. The van der Waals surface area contributed by atoms with Gasteiger partial charge < -0.3 is 10.1 Å². The molecular weight excluding hydrogens is 488 g/mol. The highest BCUT2D eigenvalue weighted by molar-refractivity contribution is 7.92. The van der Waals surface area contributed by atoms with Gasteiger partial charge in [-0.3, -0.25) is 23.0 Å². The SMILES string of the molecule is Cn1c(NC(=O)COC(=O)c2cccc(S(=O)(=O)N3CCCc4ccccc43)c2)cc(=O)n(C)c1=O. The molecule has 0 unspecified atom stereocenters. The molecule has 2 aromatic carbocycles. The molecule has 4 rings (SSSR count). The molecule has 0 radical (unpaired) electrons. The number of sulfonamides is 1. The number of para-hydroxylation sites is 1. The van der Waals surface area contributed by atoms with E-state index >= 15 is 0 Å². The van der Waals surface area contributed by atoms with Gasteiger partial charge in [0.25, 0.3) is 21.5 Å². The molecule has 1 aliphatic heterocycles. The van der Waals surface area contributed by atoms with E-state index in [1.54, 1.807) is 12.1 Å².